The summed E-state index contributed by atoms with van der Waals surface area (Å²) >= 11 is -2.89. The van der Waals surface area contributed by atoms with Crippen molar-refractivity contribution in [2.24, 2.45) is 5.92 Å². The van der Waals surface area contributed by atoms with Crippen molar-refractivity contribution in [2.75, 3.05) is 0 Å². The number of fused-ring (bicyclic) bond motifs is 1. The summed E-state index contributed by atoms with van der Waals surface area (Å²) in [4.78, 5) is 14.1. The first-order chi connectivity index (χ1) is 16.9. The third kappa shape index (κ3) is 7.09. The van der Waals surface area contributed by atoms with Gasteiger partial charge in [-0.2, -0.15) is 0 Å². The molecule has 0 amide bonds. The fourth-order valence-electron chi connectivity index (χ4n) is 6.80. The SMILES string of the molecule is CCC[CH2][Sn]([CH2]CCC)([CH2]CCC)[C]1=C2[C@@H](CC1=O)C[C@@H]([Si](C)(C)C(C)(C)C)[C@@H]2O[Si](C)(C)C(C)(C)C. The predicted molar refractivity (Wildman–Crippen MR) is 173 cm³/mol. The van der Waals surface area contributed by atoms with E-state index in [1.807, 2.05) is 0 Å². The van der Waals surface area contributed by atoms with E-state index in [2.05, 4.69) is 88.5 Å². The van der Waals surface area contributed by atoms with Crippen molar-refractivity contribution >= 4 is 40.6 Å². The molecular formula is C32H64O2Si2Sn. The molecule has 2 rings (SSSR count). The van der Waals surface area contributed by atoms with Crippen molar-refractivity contribution in [1.82, 2.24) is 0 Å². The van der Waals surface area contributed by atoms with Crippen LogP contribution in [-0.2, 0) is 9.22 Å². The van der Waals surface area contributed by atoms with E-state index in [9.17, 15) is 4.79 Å². The number of carbonyl (C=O) groups excluding carboxylic acids is 1. The summed E-state index contributed by atoms with van der Waals surface area (Å²) in [5, 5.41) is 0.502. The number of rotatable bonds is 13. The van der Waals surface area contributed by atoms with Gasteiger partial charge < -0.3 is 0 Å². The summed E-state index contributed by atoms with van der Waals surface area (Å²) in [5.41, 5.74) is 2.22. The Bertz CT molecular complexity index is 794. The zero-order valence-electron chi connectivity index (χ0n) is 27.3. The molecule has 2 aliphatic rings. The number of hydrogen-bond acceptors (Lipinski definition) is 2. The van der Waals surface area contributed by atoms with Crippen molar-refractivity contribution in [1.29, 1.82) is 0 Å². The van der Waals surface area contributed by atoms with Gasteiger partial charge in [0.2, 0.25) is 0 Å². The van der Waals surface area contributed by atoms with Gasteiger partial charge in [0.15, 0.2) is 0 Å². The first kappa shape index (κ1) is 33.8. The molecule has 0 N–H and O–H groups in total. The molecule has 2 nitrogen and oxygen atoms in total. The molecule has 0 aromatic rings. The summed E-state index contributed by atoms with van der Waals surface area (Å²) < 4.78 is 13.2. The molecule has 216 valence electrons. The molecule has 2 aliphatic carbocycles. The Balaban J connectivity index is 2.81. The van der Waals surface area contributed by atoms with Gasteiger partial charge >= 0.3 is 240 Å². The Kier molecular flexibility index (Phi) is 11.5. The minimum atomic E-state index is -2.89. The van der Waals surface area contributed by atoms with Crippen LogP contribution in [-0.4, -0.2) is 46.7 Å². The van der Waals surface area contributed by atoms with Crippen LogP contribution in [0.15, 0.2) is 9.16 Å². The molecule has 0 aromatic heterocycles. The molecule has 3 atom stereocenters. The van der Waals surface area contributed by atoms with E-state index in [0.29, 0.717) is 22.3 Å². The minimum absolute atomic E-state index is 0.180. The first-order valence-corrected chi connectivity index (χ1v) is 29.3. The number of carbonyl (C=O) groups is 1. The van der Waals surface area contributed by atoms with Gasteiger partial charge in [0.1, 0.15) is 0 Å². The van der Waals surface area contributed by atoms with Crippen molar-refractivity contribution in [2.45, 2.75) is 175 Å². The maximum absolute atomic E-state index is 14.1. The molecule has 0 aromatic carbocycles. The Morgan fingerprint density at radius 2 is 1.27 bits per heavy atom. The summed E-state index contributed by atoms with van der Waals surface area (Å²) in [6, 6.07) is 0. The number of allylic oxidation sites excluding steroid dienone is 1. The molecule has 1 fully saturated rings. The van der Waals surface area contributed by atoms with E-state index in [1.165, 1.54) is 61.8 Å². The monoisotopic (exact) mass is 656 g/mol. The number of unbranched alkanes of at least 4 members (excludes halogenated alkanes) is 3. The van der Waals surface area contributed by atoms with E-state index >= 15 is 0 Å². The van der Waals surface area contributed by atoms with Crippen molar-refractivity contribution < 1.29 is 9.22 Å². The summed E-state index contributed by atoms with van der Waals surface area (Å²) in [5.74, 6) is 1.05. The summed E-state index contributed by atoms with van der Waals surface area (Å²) in [7, 11) is -3.67. The van der Waals surface area contributed by atoms with Gasteiger partial charge in [0, 0.05) is 0 Å². The van der Waals surface area contributed by atoms with E-state index in [0.717, 1.165) is 6.42 Å². The third-order valence-corrected chi connectivity index (χ3v) is 37.9. The standard InChI is InChI=1S/C20H37O2Si2.3C4H9.Sn/c1-19(2,3)23(7,8)17-12-14-11-15(21)13-16(14)18(17)22-24(9,10)20(4,5)6;3*1-3-4-2;/h14,17-18H,11-12H2,1-10H3;3*1,3-4H2,2H3;/t14-,17+,18+;;;;/m0..../s1. The van der Waals surface area contributed by atoms with Gasteiger partial charge in [-0.15, -0.1) is 0 Å². The van der Waals surface area contributed by atoms with Crippen LogP contribution in [0.4, 0.5) is 0 Å². The molecule has 0 unspecified atom stereocenters. The van der Waals surface area contributed by atoms with Gasteiger partial charge in [-0.25, -0.2) is 0 Å². The van der Waals surface area contributed by atoms with Crippen molar-refractivity contribution in [3.63, 3.8) is 0 Å². The molecule has 0 aliphatic heterocycles. The van der Waals surface area contributed by atoms with Crippen LogP contribution in [0.2, 0.25) is 55.1 Å². The van der Waals surface area contributed by atoms with Gasteiger partial charge in [-0.05, 0) is 0 Å². The van der Waals surface area contributed by atoms with Crippen LogP contribution in [0.3, 0.4) is 0 Å². The van der Waals surface area contributed by atoms with Gasteiger partial charge in [-0.3, -0.25) is 0 Å². The Hall–Kier alpha value is 0.602. The van der Waals surface area contributed by atoms with Crippen molar-refractivity contribution in [3.8, 4) is 0 Å². The Labute approximate surface area is 238 Å². The van der Waals surface area contributed by atoms with Crippen LogP contribution >= 0.6 is 0 Å². The quantitative estimate of drug-likeness (QED) is 0.185. The summed E-state index contributed by atoms with van der Waals surface area (Å²) in [6.07, 6.45) is 9.93. The summed E-state index contributed by atoms with van der Waals surface area (Å²) in [6.45, 7) is 31.8. The van der Waals surface area contributed by atoms with Crippen LogP contribution in [0, 0.1) is 5.92 Å². The van der Waals surface area contributed by atoms with Crippen LogP contribution < -0.4 is 0 Å². The normalized spacial score (nSPS) is 23.8. The molecule has 0 spiro atoms. The van der Waals surface area contributed by atoms with E-state index in [4.69, 9.17) is 4.43 Å². The number of Topliss-reactive ketones (excluding diaryl/α,β-unsaturated/α-hetero) is 1. The van der Waals surface area contributed by atoms with Crippen molar-refractivity contribution in [3.05, 3.63) is 9.16 Å². The number of hydrogen-bond donors (Lipinski definition) is 0. The maximum atomic E-state index is 14.1. The molecule has 5 heteroatoms. The van der Waals surface area contributed by atoms with Crippen LogP contribution in [0.25, 0.3) is 0 Å². The average molecular weight is 656 g/mol. The van der Waals surface area contributed by atoms with Gasteiger partial charge in [0.05, 0.1) is 0 Å². The fourth-order valence-corrected chi connectivity index (χ4v) is 29.0. The second-order valence-corrected chi connectivity index (χ2v) is 39.3. The van der Waals surface area contributed by atoms with E-state index in [1.54, 1.807) is 5.57 Å². The van der Waals surface area contributed by atoms with Gasteiger partial charge in [-0.1, -0.05) is 0 Å². The average Bonchev–Trinajstić information content (AvgIpc) is 3.27. The second-order valence-electron chi connectivity index (χ2n) is 15.9. The second kappa shape index (κ2) is 12.6. The Morgan fingerprint density at radius 1 is 0.811 bits per heavy atom. The zero-order chi connectivity index (χ0) is 28.4. The topological polar surface area (TPSA) is 26.3 Å². The first-order valence-electron chi connectivity index (χ1n) is 15.9. The molecule has 0 saturated heterocycles. The molecule has 1 saturated carbocycles. The van der Waals surface area contributed by atoms with Crippen LogP contribution in [0.1, 0.15) is 114 Å². The van der Waals surface area contributed by atoms with Gasteiger partial charge in [0.25, 0.3) is 0 Å². The third-order valence-electron chi connectivity index (χ3n) is 11.3. The number of ketones is 1. The molecule has 37 heavy (non-hydrogen) atoms. The Morgan fingerprint density at radius 3 is 1.65 bits per heavy atom. The molecular weight excluding hydrogens is 591 g/mol. The van der Waals surface area contributed by atoms with E-state index in [-0.39, 0.29) is 11.1 Å². The zero-order valence-corrected chi connectivity index (χ0v) is 32.2. The predicted octanol–water partition coefficient (Wildman–Crippen LogP) is 10.9. The van der Waals surface area contributed by atoms with Crippen LogP contribution in [0.5, 0.6) is 0 Å². The molecule has 0 bridgehead atoms. The fraction of sp³-hybridized carbons (Fsp3) is 0.906. The molecule has 0 radical (unpaired) electrons. The molecule has 0 heterocycles. The van der Waals surface area contributed by atoms with E-state index < -0.39 is 34.8 Å².